The largest absolute Gasteiger partial charge is 0.380 e. The van der Waals surface area contributed by atoms with Crippen molar-refractivity contribution in [2.45, 2.75) is 13.3 Å². The second kappa shape index (κ2) is 14.7. The monoisotopic (exact) mass is 685 g/mol. The van der Waals surface area contributed by atoms with Crippen LogP contribution in [-0.4, -0.2) is 49.0 Å². The first-order chi connectivity index (χ1) is 23.7. The van der Waals surface area contributed by atoms with Gasteiger partial charge < -0.3 is 25.6 Å². The van der Waals surface area contributed by atoms with E-state index in [9.17, 15) is 27.6 Å². The summed E-state index contributed by atoms with van der Waals surface area (Å²) in [5, 5.41) is 8.23. The van der Waals surface area contributed by atoms with E-state index in [2.05, 4.69) is 20.9 Å². The minimum atomic E-state index is -0.902. The van der Waals surface area contributed by atoms with Crippen LogP contribution in [-0.2, 0) is 11.2 Å². The van der Waals surface area contributed by atoms with Gasteiger partial charge in [0.15, 0.2) is 0 Å². The van der Waals surface area contributed by atoms with E-state index in [4.69, 9.17) is 4.74 Å². The van der Waals surface area contributed by atoms with Gasteiger partial charge in [0.2, 0.25) is 0 Å². The number of thiophene rings is 1. The number of halogens is 3. The molecular formula is C36H30F3N5O4S. The summed E-state index contributed by atoms with van der Waals surface area (Å²) in [5.74, 6) is -3.41. The predicted octanol–water partition coefficient (Wildman–Crippen LogP) is 7.38. The number of pyridine rings is 1. The zero-order chi connectivity index (χ0) is 34.5. The number of nitrogens with one attached hydrogen (secondary N) is 3. The Bertz CT molecular complexity index is 2020. The van der Waals surface area contributed by atoms with Crippen molar-refractivity contribution in [1.29, 1.82) is 0 Å². The van der Waals surface area contributed by atoms with Crippen LogP contribution in [0, 0.1) is 17.5 Å². The summed E-state index contributed by atoms with van der Waals surface area (Å²) in [6.45, 7) is 3.58. The van der Waals surface area contributed by atoms with Crippen LogP contribution >= 0.6 is 11.3 Å². The van der Waals surface area contributed by atoms with Crippen molar-refractivity contribution in [2.75, 3.05) is 47.2 Å². The van der Waals surface area contributed by atoms with Crippen molar-refractivity contribution in [2.24, 2.45) is 0 Å². The van der Waals surface area contributed by atoms with Crippen molar-refractivity contribution in [1.82, 2.24) is 4.98 Å². The second-order valence-electron chi connectivity index (χ2n) is 10.9. The van der Waals surface area contributed by atoms with E-state index in [1.54, 1.807) is 54.7 Å². The Balaban J connectivity index is 1.19. The highest BCUT2D eigenvalue weighted by atomic mass is 32.1. The number of hydrogen-bond donors (Lipinski definition) is 3. The molecule has 5 aromatic rings. The van der Waals surface area contributed by atoms with Crippen LogP contribution in [0.5, 0.6) is 0 Å². The van der Waals surface area contributed by atoms with E-state index < -0.39 is 29.0 Å². The number of amides is 3. The number of carbonyl (C=O) groups is 3. The average Bonchev–Trinajstić information content (AvgIpc) is 3.47. The average molecular weight is 686 g/mol. The molecule has 49 heavy (non-hydrogen) atoms. The van der Waals surface area contributed by atoms with E-state index in [1.165, 1.54) is 23.1 Å². The van der Waals surface area contributed by atoms with Crippen molar-refractivity contribution in [3.05, 3.63) is 124 Å². The Morgan fingerprint density at radius 3 is 2.45 bits per heavy atom. The molecule has 0 unspecified atom stereocenters. The maximum absolute atomic E-state index is 14.6. The fourth-order valence-corrected chi connectivity index (χ4v) is 6.54. The molecule has 1 aliphatic heterocycles. The van der Waals surface area contributed by atoms with Crippen LogP contribution < -0.4 is 20.9 Å². The summed E-state index contributed by atoms with van der Waals surface area (Å²) in [6, 6.07) is 18.7. The van der Waals surface area contributed by atoms with Gasteiger partial charge in [-0.2, -0.15) is 0 Å². The van der Waals surface area contributed by atoms with Crippen LogP contribution in [0.15, 0.2) is 85.1 Å². The Labute approximate surface area is 283 Å². The number of para-hydroxylation sites is 1. The Hall–Kier alpha value is -5.53. The van der Waals surface area contributed by atoms with Gasteiger partial charge in [0.1, 0.15) is 29.0 Å². The Kier molecular flexibility index (Phi) is 10.0. The number of ether oxygens (including phenoxy) is 1. The molecule has 1 aliphatic rings. The van der Waals surface area contributed by atoms with E-state index in [0.29, 0.717) is 64.9 Å². The lowest BCUT2D eigenvalue weighted by atomic mass is 10.1. The summed E-state index contributed by atoms with van der Waals surface area (Å²) in [5.41, 5.74) is 2.14. The molecular weight excluding hydrogens is 655 g/mol. The van der Waals surface area contributed by atoms with E-state index >= 15 is 0 Å². The summed E-state index contributed by atoms with van der Waals surface area (Å²) in [4.78, 5) is 46.5. The third-order valence-electron chi connectivity index (χ3n) is 7.76. The number of hydrogen-bond acceptors (Lipinski definition) is 7. The van der Waals surface area contributed by atoms with Crippen molar-refractivity contribution < 1.29 is 32.3 Å². The van der Waals surface area contributed by atoms with E-state index in [0.717, 1.165) is 29.0 Å². The molecule has 9 nitrogen and oxygen atoms in total. The number of aromatic nitrogens is 1. The maximum atomic E-state index is 14.6. The number of benzene rings is 3. The van der Waals surface area contributed by atoms with E-state index in [1.807, 2.05) is 6.92 Å². The van der Waals surface area contributed by atoms with Crippen LogP contribution in [0.1, 0.15) is 42.9 Å². The minimum Gasteiger partial charge on any atom is -0.380 e. The fourth-order valence-electron chi connectivity index (χ4n) is 5.40. The third kappa shape index (κ3) is 7.32. The summed E-state index contributed by atoms with van der Waals surface area (Å²) < 4.78 is 48.3. The summed E-state index contributed by atoms with van der Waals surface area (Å²) in [7, 11) is 0. The topological polar surface area (TPSA) is 113 Å². The van der Waals surface area contributed by atoms with Crippen molar-refractivity contribution in [3.63, 3.8) is 0 Å². The van der Waals surface area contributed by atoms with Crippen LogP contribution in [0.4, 0.5) is 36.1 Å². The number of nitrogens with zero attached hydrogens (tertiary/aromatic N) is 2. The lowest BCUT2D eigenvalue weighted by molar-refractivity contribution is 0.0985. The smallest absolute Gasteiger partial charge is 0.265 e. The fraction of sp³-hybridized carbons (Fsp3) is 0.167. The highest BCUT2D eigenvalue weighted by molar-refractivity contribution is 7.17. The summed E-state index contributed by atoms with van der Waals surface area (Å²) >= 11 is 1.09. The first-order valence-electron chi connectivity index (χ1n) is 15.4. The van der Waals surface area contributed by atoms with Crippen LogP contribution in [0.25, 0.3) is 10.4 Å². The van der Waals surface area contributed by atoms with Gasteiger partial charge in [0, 0.05) is 47.6 Å². The van der Waals surface area contributed by atoms with Gasteiger partial charge in [-0.05, 0) is 91.7 Å². The molecule has 0 saturated carbocycles. The molecule has 0 radical (unpaired) electrons. The molecule has 0 aliphatic carbocycles. The van der Waals surface area contributed by atoms with Gasteiger partial charge >= 0.3 is 0 Å². The van der Waals surface area contributed by atoms with Crippen LogP contribution in [0.3, 0.4) is 0 Å². The number of anilines is 4. The first kappa shape index (κ1) is 33.4. The van der Waals surface area contributed by atoms with E-state index in [-0.39, 0.29) is 23.2 Å². The maximum Gasteiger partial charge on any atom is 0.265 e. The van der Waals surface area contributed by atoms with Gasteiger partial charge in [-0.15, -0.1) is 11.3 Å². The van der Waals surface area contributed by atoms with Gasteiger partial charge in [0.05, 0.1) is 22.7 Å². The first-order valence-corrected chi connectivity index (χ1v) is 16.2. The third-order valence-corrected chi connectivity index (χ3v) is 8.97. The molecule has 3 amide bonds. The lowest BCUT2D eigenvalue weighted by Crippen LogP contribution is -2.32. The van der Waals surface area contributed by atoms with Gasteiger partial charge in [-0.3, -0.25) is 14.4 Å². The quantitative estimate of drug-likeness (QED) is 0.132. The number of rotatable bonds is 10. The zero-order valence-electron chi connectivity index (χ0n) is 26.2. The molecule has 2 aromatic heterocycles. The predicted molar refractivity (Wildman–Crippen MR) is 183 cm³/mol. The summed E-state index contributed by atoms with van der Waals surface area (Å²) in [6.07, 6.45) is 1.91. The highest BCUT2D eigenvalue weighted by Gasteiger charge is 2.29. The molecule has 3 N–H and O–H groups in total. The van der Waals surface area contributed by atoms with Gasteiger partial charge in [-0.1, -0.05) is 6.07 Å². The van der Waals surface area contributed by atoms with Crippen molar-refractivity contribution >= 4 is 51.9 Å². The normalized spacial score (nSPS) is 12.0. The molecule has 0 fully saturated rings. The molecule has 6 rings (SSSR count). The zero-order valence-corrected chi connectivity index (χ0v) is 27.0. The molecule has 0 atom stereocenters. The molecule has 0 saturated heterocycles. The van der Waals surface area contributed by atoms with Crippen LogP contribution in [0.2, 0.25) is 0 Å². The number of carbonyl (C=O) groups excluding carboxylic acids is 3. The molecule has 0 spiro atoms. The Morgan fingerprint density at radius 1 is 0.918 bits per heavy atom. The molecule has 13 heteroatoms. The molecule has 250 valence electrons. The minimum absolute atomic E-state index is 0.167. The lowest BCUT2D eigenvalue weighted by Gasteiger charge is -2.23. The molecule has 3 heterocycles. The van der Waals surface area contributed by atoms with Gasteiger partial charge in [-0.25, -0.2) is 18.2 Å². The van der Waals surface area contributed by atoms with Gasteiger partial charge in [0.25, 0.3) is 17.7 Å². The standard InChI is InChI=1S/C36H30F3N5O4S/c1-2-48-18-16-41-33-26(5-4-15-40-33)34(45)42-24-11-8-21(9-12-24)36(47)44-17-14-22-19-30(35(46)43-31-27(38)6-3-7-28(31)39)49-32(22)25-13-10-23(37)20-29(25)44/h3-13,15,19-20H,2,14,16-18H2,1H3,(H,40,41)(H,42,45)(H,43,46). The van der Waals surface area contributed by atoms with Crippen molar-refractivity contribution in [3.8, 4) is 10.4 Å². The molecule has 3 aromatic carbocycles. The molecule has 0 bridgehead atoms. The SMILES string of the molecule is CCOCCNc1ncccc1C(=O)Nc1ccc(C(=O)N2CCc3cc(C(=O)Nc4c(F)cccc4F)sc3-c3ccc(F)cc32)cc1. The number of fused-ring (bicyclic) bond motifs is 3. The second-order valence-corrected chi connectivity index (χ2v) is 12.0. The Morgan fingerprint density at radius 2 is 1.69 bits per heavy atom. The highest BCUT2D eigenvalue weighted by Crippen LogP contribution is 2.42.